The lowest BCUT2D eigenvalue weighted by molar-refractivity contribution is 0.431. The molecule has 1 atom stereocenters. The minimum absolute atomic E-state index is 0.0520. The molecule has 0 amide bonds. The molecule has 4 nitrogen and oxygen atoms in total. The standard InChI is InChI=1S/C9H15NO3S/c1-7-4-5-9(13-7)8(10-2)6-14(3,11)12/h4-5,8,10H,6H2,1-3H3. The molecule has 1 unspecified atom stereocenters. The first-order valence-corrected chi connectivity index (χ1v) is 6.40. The van der Waals surface area contributed by atoms with E-state index in [0.717, 1.165) is 5.76 Å². The van der Waals surface area contributed by atoms with E-state index in [1.54, 1.807) is 13.1 Å². The molecule has 0 aliphatic rings. The van der Waals surface area contributed by atoms with Gasteiger partial charge in [-0.2, -0.15) is 0 Å². The smallest absolute Gasteiger partial charge is 0.149 e. The summed E-state index contributed by atoms with van der Waals surface area (Å²) in [6, 6.07) is 3.35. The second-order valence-electron chi connectivity index (χ2n) is 3.38. The van der Waals surface area contributed by atoms with Crippen molar-refractivity contribution in [1.29, 1.82) is 0 Å². The van der Waals surface area contributed by atoms with Gasteiger partial charge < -0.3 is 9.73 Å². The van der Waals surface area contributed by atoms with Gasteiger partial charge in [0.1, 0.15) is 21.4 Å². The van der Waals surface area contributed by atoms with Crippen LogP contribution in [0.5, 0.6) is 0 Å². The molecule has 80 valence electrons. The van der Waals surface area contributed by atoms with Crippen molar-refractivity contribution in [2.45, 2.75) is 13.0 Å². The molecule has 1 heterocycles. The summed E-state index contributed by atoms with van der Waals surface area (Å²) >= 11 is 0. The largest absolute Gasteiger partial charge is 0.465 e. The van der Waals surface area contributed by atoms with E-state index in [0.29, 0.717) is 5.76 Å². The van der Waals surface area contributed by atoms with Crippen LogP contribution >= 0.6 is 0 Å². The first-order chi connectivity index (χ1) is 6.42. The Kier molecular flexibility index (Phi) is 3.34. The molecular weight excluding hydrogens is 202 g/mol. The third kappa shape index (κ3) is 3.16. The monoisotopic (exact) mass is 217 g/mol. The number of aryl methyl sites for hydroxylation is 1. The van der Waals surface area contributed by atoms with E-state index in [9.17, 15) is 8.42 Å². The highest BCUT2D eigenvalue weighted by Crippen LogP contribution is 2.17. The van der Waals surface area contributed by atoms with Crippen molar-refractivity contribution in [1.82, 2.24) is 5.32 Å². The van der Waals surface area contributed by atoms with Crippen LogP contribution in [0, 0.1) is 6.92 Å². The first-order valence-electron chi connectivity index (χ1n) is 4.33. The maximum atomic E-state index is 11.1. The molecule has 1 aromatic rings. The van der Waals surface area contributed by atoms with Gasteiger partial charge in [0.15, 0.2) is 0 Å². The SMILES string of the molecule is CNC(CS(C)(=O)=O)c1ccc(C)o1. The number of hydrogen-bond acceptors (Lipinski definition) is 4. The summed E-state index contributed by atoms with van der Waals surface area (Å²) in [4.78, 5) is 0. The van der Waals surface area contributed by atoms with Crippen LogP contribution < -0.4 is 5.32 Å². The number of sulfone groups is 1. The lowest BCUT2D eigenvalue weighted by Gasteiger charge is -2.11. The summed E-state index contributed by atoms with van der Waals surface area (Å²) in [5.41, 5.74) is 0. The second-order valence-corrected chi connectivity index (χ2v) is 5.57. The maximum Gasteiger partial charge on any atom is 0.149 e. The van der Waals surface area contributed by atoms with Crippen molar-refractivity contribution in [3.63, 3.8) is 0 Å². The van der Waals surface area contributed by atoms with Crippen LogP contribution in [-0.4, -0.2) is 27.5 Å². The zero-order valence-corrected chi connectivity index (χ0v) is 9.39. The minimum Gasteiger partial charge on any atom is -0.465 e. The van der Waals surface area contributed by atoms with E-state index in [1.165, 1.54) is 6.26 Å². The molecule has 0 aliphatic heterocycles. The van der Waals surface area contributed by atoms with Gasteiger partial charge in [-0.15, -0.1) is 0 Å². The van der Waals surface area contributed by atoms with Crippen molar-refractivity contribution >= 4 is 9.84 Å². The van der Waals surface area contributed by atoms with Crippen molar-refractivity contribution in [2.75, 3.05) is 19.1 Å². The number of rotatable bonds is 4. The topological polar surface area (TPSA) is 59.3 Å². The molecule has 1 rings (SSSR count). The van der Waals surface area contributed by atoms with E-state index in [2.05, 4.69) is 5.32 Å². The van der Waals surface area contributed by atoms with E-state index in [1.807, 2.05) is 13.0 Å². The van der Waals surface area contributed by atoms with Crippen LogP contribution in [0.25, 0.3) is 0 Å². The first kappa shape index (κ1) is 11.3. The fourth-order valence-electron chi connectivity index (χ4n) is 1.25. The fraction of sp³-hybridized carbons (Fsp3) is 0.556. The van der Waals surface area contributed by atoms with Gasteiger partial charge in [-0.05, 0) is 26.1 Å². The lowest BCUT2D eigenvalue weighted by Crippen LogP contribution is -2.24. The van der Waals surface area contributed by atoms with Crippen LogP contribution in [0.4, 0.5) is 0 Å². The minimum atomic E-state index is -3.00. The van der Waals surface area contributed by atoms with Gasteiger partial charge in [0.2, 0.25) is 0 Å². The van der Waals surface area contributed by atoms with Crippen molar-refractivity contribution in [2.24, 2.45) is 0 Å². The molecule has 1 N–H and O–H groups in total. The molecule has 1 aromatic heterocycles. The second kappa shape index (κ2) is 4.14. The Morgan fingerprint density at radius 3 is 2.50 bits per heavy atom. The Morgan fingerprint density at radius 2 is 2.14 bits per heavy atom. The molecule has 0 spiro atoms. The zero-order valence-electron chi connectivity index (χ0n) is 8.57. The molecule has 0 radical (unpaired) electrons. The van der Waals surface area contributed by atoms with Crippen LogP contribution in [0.1, 0.15) is 17.6 Å². The highest BCUT2D eigenvalue weighted by atomic mass is 32.2. The molecule has 5 heteroatoms. The Bertz CT molecular complexity index is 394. The van der Waals surface area contributed by atoms with Crippen molar-refractivity contribution in [3.05, 3.63) is 23.7 Å². The average molecular weight is 217 g/mol. The molecule has 0 saturated carbocycles. The number of hydrogen-bond donors (Lipinski definition) is 1. The average Bonchev–Trinajstić information content (AvgIpc) is 2.46. The normalized spacial score (nSPS) is 14.2. The van der Waals surface area contributed by atoms with Gasteiger partial charge in [-0.3, -0.25) is 0 Å². The van der Waals surface area contributed by atoms with Crippen molar-refractivity contribution < 1.29 is 12.8 Å². The maximum absolute atomic E-state index is 11.1. The van der Waals surface area contributed by atoms with Crippen LogP contribution in [0.3, 0.4) is 0 Å². The summed E-state index contributed by atoms with van der Waals surface area (Å²) in [5, 5.41) is 2.92. The fourth-order valence-corrected chi connectivity index (χ4v) is 2.19. The summed E-state index contributed by atoms with van der Waals surface area (Å²) in [6.07, 6.45) is 1.22. The molecule has 0 bridgehead atoms. The van der Waals surface area contributed by atoms with E-state index in [-0.39, 0.29) is 11.8 Å². The quantitative estimate of drug-likeness (QED) is 0.813. The van der Waals surface area contributed by atoms with Gasteiger partial charge >= 0.3 is 0 Å². The predicted octanol–water partition coefficient (Wildman–Crippen LogP) is 0.893. The summed E-state index contributed by atoms with van der Waals surface area (Å²) < 4.78 is 27.6. The molecular formula is C9H15NO3S. The zero-order chi connectivity index (χ0) is 10.8. The van der Waals surface area contributed by atoms with E-state index < -0.39 is 9.84 Å². The van der Waals surface area contributed by atoms with Crippen LogP contribution in [0.2, 0.25) is 0 Å². The predicted molar refractivity (Wildman–Crippen MR) is 55.0 cm³/mol. The third-order valence-corrected chi connectivity index (χ3v) is 2.86. The molecule has 14 heavy (non-hydrogen) atoms. The van der Waals surface area contributed by atoms with Crippen LogP contribution in [-0.2, 0) is 9.84 Å². The van der Waals surface area contributed by atoms with E-state index in [4.69, 9.17) is 4.42 Å². The Balaban J connectivity index is 2.83. The Labute approximate surface area is 84.2 Å². The van der Waals surface area contributed by atoms with Gasteiger partial charge in [-0.1, -0.05) is 0 Å². The van der Waals surface area contributed by atoms with E-state index >= 15 is 0 Å². The highest BCUT2D eigenvalue weighted by Gasteiger charge is 2.18. The highest BCUT2D eigenvalue weighted by molar-refractivity contribution is 7.90. The lowest BCUT2D eigenvalue weighted by atomic mass is 10.2. The molecule has 0 fully saturated rings. The molecule has 0 aliphatic carbocycles. The summed E-state index contributed by atoms with van der Waals surface area (Å²) in [6.45, 7) is 1.83. The van der Waals surface area contributed by atoms with Gasteiger partial charge in [-0.25, -0.2) is 8.42 Å². The third-order valence-electron chi connectivity index (χ3n) is 1.92. The number of nitrogens with one attached hydrogen (secondary N) is 1. The number of furan rings is 1. The Hall–Kier alpha value is -0.810. The van der Waals surface area contributed by atoms with Crippen LogP contribution in [0.15, 0.2) is 16.5 Å². The Morgan fingerprint density at radius 1 is 1.50 bits per heavy atom. The summed E-state index contributed by atoms with van der Waals surface area (Å²) in [7, 11) is -1.28. The molecule has 0 saturated heterocycles. The van der Waals surface area contributed by atoms with Gasteiger partial charge in [0, 0.05) is 6.26 Å². The molecule has 0 aromatic carbocycles. The summed E-state index contributed by atoms with van der Waals surface area (Å²) in [5.74, 6) is 1.50. The van der Waals surface area contributed by atoms with Crippen molar-refractivity contribution in [3.8, 4) is 0 Å². The van der Waals surface area contributed by atoms with Gasteiger partial charge in [0.25, 0.3) is 0 Å². The van der Waals surface area contributed by atoms with Gasteiger partial charge in [0.05, 0.1) is 11.8 Å².